The molecule has 2 aromatic carbocycles. The molecule has 0 unspecified atom stereocenters. The van der Waals surface area contributed by atoms with Gasteiger partial charge in [0.1, 0.15) is 11.6 Å². The van der Waals surface area contributed by atoms with Crippen LogP contribution in [0.4, 0.5) is 0 Å². The lowest BCUT2D eigenvalue weighted by Crippen LogP contribution is -2.18. The highest BCUT2D eigenvalue weighted by molar-refractivity contribution is 5.82. The van der Waals surface area contributed by atoms with Crippen molar-refractivity contribution in [2.24, 2.45) is 0 Å². The van der Waals surface area contributed by atoms with Gasteiger partial charge in [0, 0.05) is 18.8 Å². The van der Waals surface area contributed by atoms with Gasteiger partial charge in [-0.15, -0.1) is 0 Å². The Kier molecular flexibility index (Phi) is 5.98. The fourth-order valence-corrected chi connectivity index (χ4v) is 2.83. The van der Waals surface area contributed by atoms with Crippen molar-refractivity contribution in [3.05, 3.63) is 82.0 Å². The number of aliphatic hydroxyl groups excluding tert-OH is 1. The number of H-pyrrole nitrogens is 1. The van der Waals surface area contributed by atoms with E-state index in [0.29, 0.717) is 36.0 Å². The van der Waals surface area contributed by atoms with Gasteiger partial charge in [0.2, 0.25) is 0 Å². The largest absolute Gasteiger partial charge is 0.396 e. The van der Waals surface area contributed by atoms with Gasteiger partial charge in [0.25, 0.3) is 5.56 Å². The van der Waals surface area contributed by atoms with E-state index in [9.17, 15) is 15.2 Å². The van der Waals surface area contributed by atoms with Crippen molar-refractivity contribution in [1.82, 2.24) is 15.3 Å². The first-order valence-corrected chi connectivity index (χ1v) is 8.74. The van der Waals surface area contributed by atoms with Gasteiger partial charge in [-0.3, -0.25) is 4.79 Å². The quantitative estimate of drug-likeness (QED) is 0.562. The Labute approximate surface area is 156 Å². The van der Waals surface area contributed by atoms with E-state index in [4.69, 9.17) is 0 Å². The molecule has 0 fully saturated rings. The van der Waals surface area contributed by atoms with Crippen molar-refractivity contribution in [2.45, 2.75) is 19.4 Å². The van der Waals surface area contributed by atoms with Crippen LogP contribution in [-0.4, -0.2) is 21.7 Å². The zero-order chi connectivity index (χ0) is 19.1. The number of para-hydroxylation sites is 1. The first-order chi connectivity index (χ1) is 13.2. The van der Waals surface area contributed by atoms with Crippen molar-refractivity contribution in [3.8, 4) is 6.07 Å². The molecule has 136 valence electrons. The molecule has 3 N–H and O–H groups in total. The SMILES string of the molecule is N#CC(=C(CCCO)NCc1ccccc1)c1nc2ccccc2c(=O)[nH]1. The normalized spacial score (nSPS) is 11.7. The molecule has 3 aromatic rings. The molecule has 0 saturated carbocycles. The van der Waals surface area contributed by atoms with Gasteiger partial charge in [-0.05, 0) is 30.5 Å². The fourth-order valence-electron chi connectivity index (χ4n) is 2.83. The number of hydrogen-bond donors (Lipinski definition) is 3. The van der Waals surface area contributed by atoms with Crippen LogP contribution in [0.3, 0.4) is 0 Å². The molecule has 27 heavy (non-hydrogen) atoms. The van der Waals surface area contributed by atoms with E-state index >= 15 is 0 Å². The maximum Gasteiger partial charge on any atom is 0.259 e. The standard InChI is InChI=1S/C21H20N4O2/c22-13-17(20-24-19-10-5-4-9-16(19)21(27)25-20)18(11-6-12-26)23-14-15-7-2-1-3-8-15/h1-5,7-10,23,26H,6,11-12,14H2,(H,24,25,27). The monoisotopic (exact) mass is 360 g/mol. The maximum absolute atomic E-state index is 12.3. The Morgan fingerprint density at radius 3 is 2.63 bits per heavy atom. The molecule has 0 bridgehead atoms. The van der Waals surface area contributed by atoms with E-state index in [1.165, 1.54) is 0 Å². The van der Waals surface area contributed by atoms with E-state index in [1.807, 2.05) is 30.3 Å². The van der Waals surface area contributed by atoms with E-state index in [0.717, 1.165) is 5.56 Å². The molecular weight excluding hydrogens is 340 g/mol. The van der Waals surface area contributed by atoms with Crippen LogP contribution in [0, 0.1) is 11.3 Å². The number of aromatic nitrogens is 2. The zero-order valence-corrected chi connectivity index (χ0v) is 14.8. The summed E-state index contributed by atoms with van der Waals surface area (Å²) < 4.78 is 0. The summed E-state index contributed by atoms with van der Waals surface area (Å²) in [4.78, 5) is 19.5. The number of nitriles is 1. The topological polar surface area (TPSA) is 102 Å². The van der Waals surface area contributed by atoms with Crippen molar-refractivity contribution < 1.29 is 5.11 Å². The minimum Gasteiger partial charge on any atom is -0.396 e. The lowest BCUT2D eigenvalue weighted by Gasteiger charge is -2.13. The Morgan fingerprint density at radius 1 is 1.15 bits per heavy atom. The van der Waals surface area contributed by atoms with E-state index in [1.54, 1.807) is 24.3 Å². The molecule has 3 rings (SSSR count). The van der Waals surface area contributed by atoms with E-state index in [-0.39, 0.29) is 23.6 Å². The third-order valence-corrected chi connectivity index (χ3v) is 4.20. The highest BCUT2D eigenvalue weighted by Gasteiger charge is 2.13. The molecule has 0 aliphatic heterocycles. The van der Waals surface area contributed by atoms with Crippen LogP contribution >= 0.6 is 0 Å². The van der Waals surface area contributed by atoms with Gasteiger partial charge in [-0.25, -0.2) is 4.98 Å². The summed E-state index contributed by atoms with van der Waals surface area (Å²) in [5.74, 6) is 0.231. The summed E-state index contributed by atoms with van der Waals surface area (Å²) in [5, 5.41) is 22.7. The summed E-state index contributed by atoms with van der Waals surface area (Å²) in [7, 11) is 0. The molecule has 0 saturated heterocycles. The number of aliphatic hydroxyl groups is 1. The lowest BCUT2D eigenvalue weighted by atomic mass is 10.1. The predicted molar refractivity (Wildman–Crippen MR) is 104 cm³/mol. The second-order valence-corrected chi connectivity index (χ2v) is 6.06. The average Bonchev–Trinajstić information content (AvgIpc) is 2.71. The number of aromatic amines is 1. The molecule has 0 spiro atoms. The van der Waals surface area contributed by atoms with Crippen LogP contribution < -0.4 is 10.9 Å². The average molecular weight is 360 g/mol. The predicted octanol–water partition coefficient (Wildman–Crippen LogP) is 2.72. The number of nitrogens with zero attached hydrogens (tertiary/aromatic N) is 2. The third kappa shape index (κ3) is 4.40. The van der Waals surface area contributed by atoms with Crippen LogP contribution in [0.5, 0.6) is 0 Å². The smallest absolute Gasteiger partial charge is 0.259 e. The van der Waals surface area contributed by atoms with Crippen LogP contribution in [0.25, 0.3) is 16.5 Å². The summed E-state index contributed by atoms with van der Waals surface area (Å²) in [6, 6.07) is 19.0. The lowest BCUT2D eigenvalue weighted by molar-refractivity contribution is 0.287. The number of rotatable bonds is 7. The van der Waals surface area contributed by atoms with Crippen molar-refractivity contribution in [3.63, 3.8) is 0 Å². The Bertz CT molecular complexity index is 1050. The maximum atomic E-state index is 12.3. The van der Waals surface area contributed by atoms with Crippen LogP contribution in [0.2, 0.25) is 0 Å². The Hall–Kier alpha value is -3.43. The molecule has 0 amide bonds. The molecule has 6 heteroatoms. The first-order valence-electron chi connectivity index (χ1n) is 8.74. The minimum atomic E-state index is -0.284. The summed E-state index contributed by atoms with van der Waals surface area (Å²) >= 11 is 0. The van der Waals surface area contributed by atoms with E-state index < -0.39 is 0 Å². The number of allylic oxidation sites excluding steroid dienone is 2. The van der Waals surface area contributed by atoms with Gasteiger partial charge in [-0.1, -0.05) is 42.5 Å². The van der Waals surface area contributed by atoms with Gasteiger partial charge >= 0.3 is 0 Å². The molecular formula is C21H20N4O2. The molecule has 0 radical (unpaired) electrons. The zero-order valence-electron chi connectivity index (χ0n) is 14.8. The number of nitrogens with one attached hydrogen (secondary N) is 2. The molecule has 6 nitrogen and oxygen atoms in total. The third-order valence-electron chi connectivity index (χ3n) is 4.20. The second-order valence-electron chi connectivity index (χ2n) is 6.06. The fraction of sp³-hybridized carbons (Fsp3) is 0.190. The Balaban J connectivity index is 2.01. The van der Waals surface area contributed by atoms with E-state index in [2.05, 4.69) is 21.4 Å². The number of fused-ring (bicyclic) bond motifs is 1. The summed E-state index contributed by atoms with van der Waals surface area (Å²) in [5.41, 5.74) is 2.24. The van der Waals surface area contributed by atoms with Crippen molar-refractivity contribution in [2.75, 3.05) is 6.61 Å². The highest BCUT2D eigenvalue weighted by atomic mass is 16.2. The first kappa shape index (κ1) is 18.4. The van der Waals surface area contributed by atoms with Crippen molar-refractivity contribution in [1.29, 1.82) is 5.26 Å². The summed E-state index contributed by atoms with van der Waals surface area (Å²) in [6.07, 6.45) is 0.975. The van der Waals surface area contributed by atoms with Gasteiger partial charge in [0.05, 0.1) is 10.9 Å². The molecule has 1 aromatic heterocycles. The number of hydrogen-bond acceptors (Lipinski definition) is 5. The van der Waals surface area contributed by atoms with Crippen LogP contribution in [0.15, 0.2) is 65.1 Å². The van der Waals surface area contributed by atoms with Crippen LogP contribution in [0.1, 0.15) is 24.2 Å². The molecule has 0 aliphatic carbocycles. The Morgan fingerprint density at radius 2 is 1.89 bits per heavy atom. The van der Waals surface area contributed by atoms with Gasteiger partial charge in [0.15, 0.2) is 5.82 Å². The molecule has 0 atom stereocenters. The van der Waals surface area contributed by atoms with Crippen molar-refractivity contribution >= 4 is 16.5 Å². The minimum absolute atomic E-state index is 0.0108. The highest BCUT2D eigenvalue weighted by Crippen LogP contribution is 2.18. The summed E-state index contributed by atoms with van der Waals surface area (Å²) in [6.45, 7) is 0.543. The second kappa shape index (κ2) is 8.79. The molecule has 1 heterocycles. The molecule has 0 aliphatic rings. The van der Waals surface area contributed by atoms with Gasteiger partial charge < -0.3 is 15.4 Å². The number of benzene rings is 2. The van der Waals surface area contributed by atoms with Gasteiger partial charge in [-0.2, -0.15) is 5.26 Å². The van der Waals surface area contributed by atoms with Crippen LogP contribution in [-0.2, 0) is 6.54 Å².